The lowest BCUT2D eigenvalue weighted by Crippen LogP contribution is -2.48. The number of Topliss-reactive ketones (excluding diaryl/α,β-unsaturated/α-hetero) is 1. The number of amides is 1. The Labute approximate surface area is 237 Å². The molecule has 3 aromatic rings. The maximum absolute atomic E-state index is 13.9. The minimum absolute atomic E-state index is 0.0338. The number of allylic oxidation sites excluding steroid dienone is 1. The van der Waals surface area contributed by atoms with Crippen LogP contribution in [0.1, 0.15) is 27.1 Å². The zero-order valence-electron chi connectivity index (χ0n) is 21.6. The SMILES string of the molecule is O=C(Nc1ccc(C(=O)C2CC=CC3=CNC=C4COCCN4[C@H]32)c(Cl)c1)c1ccccc1-c1ccc(O)cc1. The van der Waals surface area contributed by atoms with E-state index in [1.54, 1.807) is 54.6 Å². The molecule has 2 aliphatic heterocycles. The van der Waals surface area contributed by atoms with E-state index in [9.17, 15) is 14.7 Å². The van der Waals surface area contributed by atoms with E-state index >= 15 is 0 Å². The average molecular weight is 554 g/mol. The second-order valence-corrected chi connectivity index (χ2v) is 10.4. The number of ether oxygens (including phenoxy) is 1. The maximum Gasteiger partial charge on any atom is 0.256 e. The highest BCUT2D eigenvalue weighted by Gasteiger charge is 2.39. The number of fused-ring (bicyclic) bond motifs is 3. The van der Waals surface area contributed by atoms with Gasteiger partial charge in [-0.3, -0.25) is 9.59 Å². The van der Waals surface area contributed by atoms with Crippen LogP contribution in [0.5, 0.6) is 5.75 Å². The van der Waals surface area contributed by atoms with Crippen LogP contribution >= 0.6 is 11.6 Å². The van der Waals surface area contributed by atoms with E-state index in [0.29, 0.717) is 48.0 Å². The molecule has 1 amide bonds. The summed E-state index contributed by atoms with van der Waals surface area (Å²) in [5, 5.41) is 16.1. The Hall–Kier alpha value is -4.33. The molecule has 0 radical (unpaired) electrons. The second-order valence-electron chi connectivity index (χ2n) is 9.99. The number of carbonyl (C=O) groups is 2. The first-order chi connectivity index (χ1) is 19.5. The minimum atomic E-state index is -0.312. The molecule has 0 spiro atoms. The van der Waals surface area contributed by atoms with Crippen molar-refractivity contribution < 1.29 is 19.4 Å². The lowest BCUT2D eigenvalue weighted by Gasteiger charge is -2.42. The predicted molar refractivity (Wildman–Crippen MR) is 155 cm³/mol. The van der Waals surface area contributed by atoms with E-state index in [2.05, 4.69) is 21.6 Å². The van der Waals surface area contributed by atoms with Crippen LogP contribution in [0.4, 0.5) is 5.69 Å². The summed E-state index contributed by atoms with van der Waals surface area (Å²) in [7, 11) is 0. The largest absolute Gasteiger partial charge is 0.508 e. The van der Waals surface area contributed by atoms with Crippen molar-refractivity contribution in [1.29, 1.82) is 0 Å². The van der Waals surface area contributed by atoms with Crippen molar-refractivity contribution in [2.24, 2.45) is 5.92 Å². The monoisotopic (exact) mass is 553 g/mol. The fourth-order valence-electron chi connectivity index (χ4n) is 5.60. The Morgan fingerprint density at radius 3 is 2.67 bits per heavy atom. The van der Waals surface area contributed by atoms with Gasteiger partial charge in [0.15, 0.2) is 5.78 Å². The fraction of sp³-hybridized carbons (Fsp3) is 0.188. The molecule has 3 N–H and O–H groups in total. The van der Waals surface area contributed by atoms with Crippen LogP contribution in [0.3, 0.4) is 0 Å². The average Bonchev–Trinajstić information content (AvgIpc) is 3.17. The number of phenolic OH excluding ortho intramolecular Hbond substituents is 1. The second kappa shape index (κ2) is 11.0. The molecule has 0 saturated carbocycles. The third kappa shape index (κ3) is 5.01. The molecule has 1 saturated heterocycles. The van der Waals surface area contributed by atoms with Crippen molar-refractivity contribution in [2.45, 2.75) is 12.5 Å². The van der Waals surface area contributed by atoms with Crippen LogP contribution < -0.4 is 10.6 Å². The quantitative estimate of drug-likeness (QED) is 0.348. The van der Waals surface area contributed by atoms with Gasteiger partial charge in [-0.1, -0.05) is 54.1 Å². The van der Waals surface area contributed by atoms with Crippen LogP contribution in [0.2, 0.25) is 5.02 Å². The van der Waals surface area contributed by atoms with Gasteiger partial charge in [0.1, 0.15) is 5.75 Å². The van der Waals surface area contributed by atoms with Gasteiger partial charge < -0.3 is 25.4 Å². The van der Waals surface area contributed by atoms with E-state index in [4.69, 9.17) is 16.3 Å². The number of nitrogens with zero attached hydrogens (tertiary/aromatic N) is 1. The van der Waals surface area contributed by atoms with Crippen molar-refractivity contribution >= 4 is 29.0 Å². The normalized spacial score (nSPS) is 19.8. The van der Waals surface area contributed by atoms with Gasteiger partial charge in [-0.15, -0.1) is 0 Å². The minimum Gasteiger partial charge on any atom is -0.508 e. The predicted octanol–water partition coefficient (Wildman–Crippen LogP) is 5.75. The number of rotatable bonds is 5. The van der Waals surface area contributed by atoms with Crippen LogP contribution in [-0.2, 0) is 4.74 Å². The van der Waals surface area contributed by atoms with Gasteiger partial charge >= 0.3 is 0 Å². The summed E-state index contributed by atoms with van der Waals surface area (Å²) in [6, 6.07) is 18.9. The van der Waals surface area contributed by atoms with Gasteiger partial charge in [-0.2, -0.15) is 0 Å². The number of ketones is 1. The van der Waals surface area contributed by atoms with Crippen molar-refractivity contribution in [2.75, 3.05) is 25.1 Å². The Morgan fingerprint density at radius 1 is 1.02 bits per heavy atom. The van der Waals surface area contributed by atoms with Crippen LogP contribution in [0.25, 0.3) is 11.1 Å². The Morgan fingerprint density at radius 2 is 1.85 bits per heavy atom. The Bertz CT molecular complexity index is 1560. The molecule has 2 atom stereocenters. The number of benzene rings is 3. The molecule has 8 heteroatoms. The molecule has 2 heterocycles. The first-order valence-electron chi connectivity index (χ1n) is 13.2. The van der Waals surface area contributed by atoms with E-state index < -0.39 is 0 Å². The highest BCUT2D eigenvalue weighted by Crippen LogP contribution is 2.36. The number of morpholine rings is 1. The first-order valence-corrected chi connectivity index (χ1v) is 13.6. The van der Waals surface area contributed by atoms with Crippen molar-refractivity contribution in [3.63, 3.8) is 0 Å². The van der Waals surface area contributed by atoms with Crippen LogP contribution in [-0.4, -0.2) is 47.5 Å². The van der Waals surface area contributed by atoms with Crippen LogP contribution in [0, 0.1) is 5.92 Å². The van der Waals surface area contributed by atoms with Crippen molar-refractivity contribution in [3.05, 3.63) is 119 Å². The summed E-state index contributed by atoms with van der Waals surface area (Å²) >= 11 is 6.67. The third-order valence-corrected chi connectivity index (χ3v) is 7.85. The molecule has 40 heavy (non-hydrogen) atoms. The topological polar surface area (TPSA) is 90.9 Å². The number of aromatic hydroxyl groups is 1. The standard InChI is InChI=1S/C32H28ClN3O4/c33-29-16-22(35-32(39)26-6-2-1-5-25(26)20-8-11-24(37)12-9-20)10-13-27(29)31(38)28-7-3-4-21-17-34-18-23-19-40-15-14-36(23)30(21)28/h1-6,8-13,16-18,28,30,34,37H,7,14-15,19H2,(H,35,39)/t28?,30-/m1/s1. The number of halogens is 1. The van der Waals surface area contributed by atoms with Gasteiger partial charge in [0, 0.05) is 35.8 Å². The Balaban J connectivity index is 1.23. The number of hydrogen-bond acceptors (Lipinski definition) is 6. The molecule has 1 aliphatic carbocycles. The van der Waals surface area contributed by atoms with Gasteiger partial charge in [-0.25, -0.2) is 0 Å². The molecule has 6 rings (SSSR count). The summed E-state index contributed by atoms with van der Waals surface area (Å²) in [6.07, 6.45) is 8.59. The molecular weight excluding hydrogens is 526 g/mol. The zero-order valence-corrected chi connectivity index (χ0v) is 22.4. The smallest absolute Gasteiger partial charge is 0.256 e. The molecule has 0 bridgehead atoms. The van der Waals surface area contributed by atoms with E-state index in [1.165, 1.54) is 0 Å². The fourth-order valence-corrected chi connectivity index (χ4v) is 5.87. The lowest BCUT2D eigenvalue weighted by atomic mass is 9.79. The van der Waals surface area contributed by atoms with Gasteiger partial charge in [0.2, 0.25) is 0 Å². The molecule has 1 unspecified atom stereocenters. The van der Waals surface area contributed by atoms with Gasteiger partial charge in [0.05, 0.1) is 35.9 Å². The molecular formula is C32H28ClN3O4. The molecule has 3 aromatic carbocycles. The lowest BCUT2D eigenvalue weighted by molar-refractivity contribution is 0.0455. The zero-order chi connectivity index (χ0) is 27.6. The summed E-state index contributed by atoms with van der Waals surface area (Å²) in [5.74, 6) is -0.492. The molecule has 1 fully saturated rings. The van der Waals surface area contributed by atoms with E-state index in [0.717, 1.165) is 22.4 Å². The Kier molecular flexibility index (Phi) is 7.15. The number of phenols is 1. The molecule has 202 valence electrons. The number of nitrogens with one attached hydrogen (secondary N) is 2. The summed E-state index contributed by atoms with van der Waals surface area (Å²) in [5.41, 5.74) is 5.02. The van der Waals surface area contributed by atoms with Crippen molar-refractivity contribution in [1.82, 2.24) is 10.2 Å². The molecule has 3 aliphatic rings. The highest BCUT2D eigenvalue weighted by atomic mass is 35.5. The molecule has 7 nitrogen and oxygen atoms in total. The van der Waals surface area contributed by atoms with Crippen molar-refractivity contribution in [3.8, 4) is 16.9 Å². The van der Waals surface area contributed by atoms with Gasteiger partial charge in [-0.05, 0) is 59.5 Å². The first kappa shape index (κ1) is 25.9. The summed E-state index contributed by atoms with van der Waals surface area (Å²) < 4.78 is 5.65. The highest BCUT2D eigenvalue weighted by molar-refractivity contribution is 6.34. The number of carbonyl (C=O) groups excluding carboxylic acids is 2. The third-order valence-electron chi connectivity index (χ3n) is 7.53. The van der Waals surface area contributed by atoms with Gasteiger partial charge in [0.25, 0.3) is 5.91 Å². The number of hydrogen-bond donors (Lipinski definition) is 3. The van der Waals surface area contributed by atoms with E-state index in [1.807, 2.05) is 30.6 Å². The molecule has 0 aromatic heterocycles. The number of anilines is 1. The van der Waals surface area contributed by atoms with E-state index in [-0.39, 0.29) is 29.4 Å². The maximum atomic E-state index is 13.9. The summed E-state index contributed by atoms with van der Waals surface area (Å²) in [4.78, 5) is 29.4. The summed E-state index contributed by atoms with van der Waals surface area (Å²) in [6.45, 7) is 1.81. The van der Waals surface area contributed by atoms with Crippen LogP contribution in [0.15, 0.2) is 103 Å².